The SMILES string of the molecule is N=C1C(Cl)=C(Cl)C(=NC(=O)c2ccccc2)C(Cl)=C1Cl. The third-order valence-corrected chi connectivity index (χ3v) is 4.16. The van der Waals surface area contributed by atoms with Gasteiger partial charge in [-0.1, -0.05) is 64.6 Å². The minimum Gasteiger partial charge on any atom is -0.298 e. The molecule has 0 aliphatic heterocycles. The van der Waals surface area contributed by atoms with Crippen LogP contribution < -0.4 is 0 Å². The van der Waals surface area contributed by atoms with Crippen molar-refractivity contribution in [1.82, 2.24) is 0 Å². The minimum atomic E-state index is -0.528. The van der Waals surface area contributed by atoms with Crippen LogP contribution in [0.2, 0.25) is 0 Å². The molecule has 1 aromatic carbocycles. The van der Waals surface area contributed by atoms with Crippen molar-refractivity contribution in [2.75, 3.05) is 0 Å². The van der Waals surface area contributed by atoms with Crippen LogP contribution >= 0.6 is 46.4 Å². The summed E-state index contributed by atoms with van der Waals surface area (Å²) in [6.07, 6.45) is 0. The average Bonchev–Trinajstić information content (AvgIpc) is 2.48. The molecule has 1 amide bonds. The van der Waals surface area contributed by atoms with Crippen LogP contribution in [0, 0.1) is 5.41 Å². The van der Waals surface area contributed by atoms with Gasteiger partial charge in [-0.3, -0.25) is 10.2 Å². The molecule has 0 bridgehead atoms. The van der Waals surface area contributed by atoms with E-state index in [0.29, 0.717) is 5.56 Å². The van der Waals surface area contributed by atoms with Crippen molar-refractivity contribution < 1.29 is 4.79 Å². The van der Waals surface area contributed by atoms with Crippen molar-refractivity contribution in [3.63, 3.8) is 0 Å². The highest BCUT2D eigenvalue weighted by Crippen LogP contribution is 2.34. The number of hydrogen-bond acceptors (Lipinski definition) is 2. The molecule has 0 saturated carbocycles. The summed E-state index contributed by atoms with van der Waals surface area (Å²) >= 11 is 23.6. The van der Waals surface area contributed by atoms with E-state index in [-0.39, 0.29) is 31.6 Å². The summed E-state index contributed by atoms with van der Waals surface area (Å²) in [4.78, 5) is 15.8. The van der Waals surface area contributed by atoms with Gasteiger partial charge in [0.05, 0.1) is 25.8 Å². The van der Waals surface area contributed by atoms with E-state index < -0.39 is 5.91 Å². The van der Waals surface area contributed by atoms with Gasteiger partial charge in [-0.2, -0.15) is 0 Å². The van der Waals surface area contributed by atoms with Crippen LogP contribution in [0.5, 0.6) is 0 Å². The Morgan fingerprint density at radius 3 is 1.90 bits per heavy atom. The van der Waals surface area contributed by atoms with Crippen molar-refractivity contribution in [2.24, 2.45) is 4.99 Å². The number of nitrogens with one attached hydrogen (secondary N) is 1. The first kappa shape index (κ1) is 15.3. The van der Waals surface area contributed by atoms with Gasteiger partial charge in [0.15, 0.2) is 0 Å². The average molecular weight is 348 g/mol. The molecule has 102 valence electrons. The van der Waals surface area contributed by atoms with E-state index in [1.165, 1.54) is 0 Å². The summed E-state index contributed by atoms with van der Waals surface area (Å²) in [5, 5.41) is 7.27. The fourth-order valence-corrected chi connectivity index (χ4v) is 2.39. The Kier molecular flexibility index (Phi) is 4.66. The van der Waals surface area contributed by atoms with Crippen LogP contribution in [0.15, 0.2) is 55.5 Å². The summed E-state index contributed by atoms with van der Waals surface area (Å²) < 4.78 is 0. The van der Waals surface area contributed by atoms with Crippen molar-refractivity contribution >= 4 is 63.7 Å². The Hall–Kier alpha value is -1.13. The molecule has 20 heavy (non-hydrogen) atoms. The number of amides is 1. The van der Waals surface area contributed by atoms with Crippen LogP contribution in [0.1, 0.15) is 10.4 Å². The van der Waals surface area contributed by atoms with Crippen molar-refractivity contribution in [2.45, 2.75) is 0 Å². The fraction of sp³-hybridized carbons (Fsp3) is 0. The molecule has 0 aromatic heterocycles. The number of nitrogens with zero attached hydrogens (tertiary/aromatic N) is 1. The molecule has 2 rings (SSSR count). The standard InChI is InChI=1S/C13H6Cl4N2O/c14-7-9(16)12(10(17)8(15)11(7)18)19-13(20)6-4-2-1-3-5-6/h1-5,18H. The van der Waals surface area contributed by atoms with Crippen molar-refractivity contribution in [3.8, 4) is 0 Å². The van der Waals surface area contributed by atoms with Gasteiger partial charge >= 0.3 is 0 Å². The van der Waals surface area contributed by atoms with E-state index in [0.717, 1.165) is 0 Å². The normalized spacial score (nSPS) is 15.8. The van der Waals surface area contributed by atoms with E-state index >= 15 is 0 Å². The first-order valence-electron chi connectivity index (χ1n) is 5.32. The first-order valence-corrected chi connectivity index (χ1v) is 6.83. The van der Waals surface area contributed by atoms with E-state index in [1.807, 2.05) is 0 Å². The quantitative estimate of drug-likeness (QED) is 0.737. The molecule has 0 saturated heterocycles. The lowest BCUT2D eigenvalue weighted by molar-refractivity contribution is 0.100. The molecule has 0 atom stereocenters. The fourth-order valence-electron chi connectivity index (χ4n) is 1.47. The van der Waals surface area contributed by atoms with Gasteiger partial charge < -0.3 is 0 Å². The molecule has 1 N–H and O–H groups in total. The van der Waals surface area contributed by atoms with E-state index in [9.17, 15) is 4.79 Å². The van der Waals surface area contributed by atoms with Crippen LogP contribution in [0.4, 0.5) is 0 Å². The Bertz CT molecular complexity index is 660. The topological polar surface area (TPSA) is 53.3 Å². The molecule has 1 aliphatic rings. The largest absolute Gasteiger partial charge is 0.298 e. The minimum absolute atomic E-state index is 0.0341. The second-order valence-electron chi connectivity index (χ2n) is 3.76. The van der Waals surface area contributed by atoms with Crippen LogP contribution in [0.25, 0.3) is 0 Å². The lowest BCUT2D eigenvalue weighted by Crippen LogP contribution is -2.16. The summed E-state index contributed by atoms with van der Waals surface area (Å²) in [6.45, 7) is 0. The predicted molar refractivity (Wildman–Crippen MR) is 83.4 cm³/mol. The molecule has 1 aliphatic carbocycles. The van der Waals surface area contributed by atoms with E-state index in [2.05, 4.69) is 4.99 Å². The highest BCUT2D eigenvalue weighted by molar-refractivity contribution is 6.70. The zero-order chi connectivity index (χ0) is 14.9. The Morgan fingerprint density at radius 2 is 1.40 bits per heavy atom. The number of allylic oxidation sites excluding steroid dienone is 4. The highest BCUT2D eigenvalue weighted by Gasteiger charge is 2.28. The second kappa shape index (κ2) is 6.10. The Balaban J connectivity index is 2.49. The molecule has 0 unspecified atom stereocenters. The van der Waals surface area contributed by atoms with Gasteiger partial charge in [0.1, 0.15) is 5.71 Å². The summed E-state index contributed by atoms with van der Waals surface area (Å²) in [5.41, 5.74) is 0.143. The molecular formula is C13H6Cl4N2O. The number of carbonyl (C=O) groups excluding carboxylic acids is 1. The number of halogens is 4. The Labute approximate surface area is 135 Å². The van der Waals surface area contributed by atoms with Crippen LogP contribution in [-0.2, 0) is 0 Å². The number of benzene rings is 1. The maximum absolute atomic E-state index is 12.0. The first-order chi connectivity index (χ1) is 9.43. The smallest absolute Gasteiger partial charge is 0.277 e. The lowest BCUT2D eigenvalue weighted by Gasteiger charge is -2.15. The molecule has 0 fully saturated rings. The maximum atomic E-state index is 12.0. The van der Waals surface area contributed by atoms with Crippen molar-refractivity contribution in [3.05, 3.63) is 56.0 Å². The summed E-state index contributed by atoms with van der Waals surface area (Å²) in [7, 11) is 0. The van der Waals surface area contributed by atoms with Gasteiger partial charge in [-0.15, -0.1) is 0 Å². The third kappa shape index (κ3) is 2.81. The molecule has 0 spiro atoms. The number of rotatable bonds is 1. The molecule has 0 radical (unpaired) electrons. The third-order valence-electron chi connectivity index (χ3n) is 2.47. The lowest BCUT2D eigenvalue weighted by atomic mass is 10.1. The molecule has 3 nitrogen and oxygen atoms in total. The van der Waals surface area contributed by atoms with Gasteiger partial charge in [0.2, 0.25) is 0 Å². The number of carbonyl (C=O) groups is 1. The highest BCUT2D eigenvalue weighted by atomic mass is 35.5. The maximum Gasteiger partial charge on any atom is 0.277 e. The van der Waals surface area contributed by atoms with Crippen LogP contribution in [-0.4, -0.2) is 17.3 Å². The van der Waals surface area contributed by atoms with E-state index in [1.54, 1.807) is 30.3 Å². The summed E-state index contributed by atoms with van der Waals surface area (Å²) in [6, 6.07) is 8.41. The van der Waals surface area contributed by atoms with Crippen LogP contribution in [0.3, 0.4) is 0 Å². The predicted octanol–water partition coefficient (Wildman–Crippen LogP) is 4.68. The second-order valence-corrected chi connectivity index (χ2v) is 5.27. The Morgan fingerprint density at radius 1 is 0.900 bits per heavy atom. The molecule has 0 heterocycles. The summed E-state index contributed by atoms with van der Waals surface area (Å²) in [5.74, 6) is -0.528. The molecule has 1 aromatic rings. The van der Waals surface area contributed by atoms with Gasteiger partial charge in [0.25, 0.3) is 5.91 Å². The van der Waals surface area contributed by atoms with Gasteiger partial charge in [-0.05, 0) is 12.1 Å². The number of hydrogen-bond donors (Lipinski definition) is 1. The zero-order valence-corrected chi connectivity index (χ0v) is 12.8. The van der Waals surface area contributed by atoms with Gasteiger partial charge in [-0.25, -0.2) is 4.99 Å². The van der Waals surface area contributed by atoms with E-state index in [4.69, 9.17) is 51.8 Å². The molecule has 7 heteroatoms. The van der Waals surface area contributed by atoms with Gasteiger partial charge in [0, 0.05) is 5.56 Å². The zero-order valence-electron chi connectivity index (χ0n) is 9.75. The molecular weight excluding hydrogens is 342 g/mol. The number of aliphatic imine (C=N–C) groups is 1. The van der Waals surface area contributed by atoms with Crippen molar-refractivity contribution in [1.29, 1.82) is 5.41 Å². The monoisotopic (exact) mass is 346 g/mol.